The summed E-state index contributed by atoms with van der Waals surface area (Å²) in [4.78, 5) is 14.7. The molecule has 7 nitrogen and oxygen atoms in total. The fraction of sp³-hybridized carbons (Fsp3) is 0.647. The molecule has 138 valence electrons. The molecule has 25 heavy (non-hydrogen) atoms. The van der Waals surface area contributed by atoms with Crippen LogP contribution in [0.25, 0.3) is 0 Å². The van der Waals surface area contributed by atoms with Crippen molar-refractivity contribution in [2.75, 3.05) is 19.3 Å². The third-order valence-corrected chi connectivity index (χ3v) is 5.51. The van der Waals surface area contributed by atoms with Gasteiger partial charge < -0.3 is 4.90 Å². The molecule has 1 atom stereocenters. The number of carbonyl (C=O) groups is 1. The molecule has 1 aliphatic carbocycles. The van der Waals surface area contributed by atoms with Crippen molar-refractivity contribution in [3.05, 3.63) is 29.6 Å². The van der Waals surface area contributed by atoms with Gasteiger partial charge >= 0.3 is 0 Å². The summed E-state index contributed by atoms with van der Waals surface area (Å²) in [5.41, 5.74) is 2.23. The van der Waals surface area contributed by atoms with Gasteiger partial charge in [0.25, 0.3) is 0 Å². The van der Waals surface area contributed by atoms with E-state index in [9.17, 15) is 13.2 Å². The molecule has 0 aromatic carbocycles. The van der Waals surface area contributed by atoms with Gasteiger partial charge in [0, 0.05) is 38.2 Å². The van der Waals surface area contributed by atoms with Gasteiger partial charge in [-0.25, -0.2) is 13.1 Å². The molecule has 1 amide bonds. The second-order valence-corrected chi connectivity index (χ2v) is 8.88. The molecule has 1 aliphatic heterocycles. The fourth-order valence-electron chi connectivity index (χ4n) is 3.49. The van der Waals surface area contributed by atoms with Crippen molar-refractivity contribution in [1.29, 1.82) is 0 Å². The number of nitrogens with one attached hydrogen (secondary N) is 1. The van der Waals surface area contributed by atoms with Gasteiger partial charge in [0.15, 0.2) is 0 Å². The van der Waals surface area contributed by atoms with Crippen molar-refractivity contribution in [2.24, 2.45) is 5.92 Å². The van der Waals surface area contributed by atoms with Gasteiger partial charge in [0.1, 0.15) is 0 Å². The highest BCUT2D eigenvalue weighted by Crippen LogP contribution is 2.23. The Hall–Kier alpha value is -1.67. The average Bonchev–Trinajstić information content (AvgIpc) is 2.91. The molecule has 1 aromatic rings. The third-order valence-electron chi connectivity index (χ3n) is 4.82. The normalized spacial score (nSPS) is 21.4. The maximum Gasteiger partial charge on any atom is 0.227 e. The summed E-state index contributed by atoms with van der Waals surface area (Å²) in [6, 6.07) is 1.92. The molecule has 8 heteroatoms. The first-order chi connectivity index (χ1) is 11.9. The molecule has 0 radical (unpaired) electrons. The van der Waals surface area contributed by atoms with Crippen LogP contribution in [0.3, 0.4) is 0 Å². The zero-order chi connectivity index (χ0) is 17.9. The fourth-order valence-corrected chi connectivity index (χ4v) is 4.03. The highest BCUT2D eigenvalue weighted by Gasteiger charge is 2.26. The molecule has 0 saturated heterocycles. The van der Waals surface area contributed by atoms with Gasteiger partial charge in [-0.15, -0.1) is 0 Å². The number of allylic oxidation sites excluding steroid dienone is 1. The largest absolute Gasteiger partial charge is 0.336 e. The van der Waals surface area contributed by atoms with Crippen LogP contribution in [0.4, 0.5) is 0 Å². The van der Waals surface area contributed by atoms with E-state index >= 15 is 0 Å². The van der Waals surface area contributed by atoms with E-state index in [0.29, 0.717) is 32.6 Å². The second kappa shape index (κ2) is 7.70. The second-order valence-electron chi connectivity index (χ2n) is 7.05. The molecule has 0 fully saturated rings. The number of hydrogen-bond acceptors (Lipinski definition) is 4. The van der Waals surface area contributed by atoms with E-state index in [1.807, 2.05) is 15.6 Å². The van der Waals surface area contributed by atoms with Crippen LogP contribution < -0.4 is 4.72 Å². The Kier molecular flexibility index (Phi) is 5.58. The lowest BCUT2D eigenvalue weighted by Gasteiger charge is -2.25. The van der Waals surface area contributed by atoms with Gasteiger partial charge in [-0.3, -0.25) is 9.48 Å². The molecule has 2 heterocycles. The molecule has 1 aromatic heterocycles. The number of hydrogen-bond donors (Lipinski definition) is 1. The maximum absolute atomic E-state index is 12.8. The van der Waals surface area contributed by atoms with E-state index in [0.717, 1.165) is 31.2 Å². The van der Waals surface area contributed by atoms with Crippen molar-refractivity contribution in [1.82, 2.24) is 19.4 Å². The summed E-state index contributed by atoms with van der Waals surface area (Å²) in [7, 11) is -3.25. The minimum atomic E-state index is -3.25. The van der Waals surface area contributed by atoms with Crippen molar-refractivity contribution in [3.63, 3.8) is 0 Å². The molecule has 0 unspecified atom stereocenters. The monoisotopic (exact) mass is 366 g/mol. The number of rotatable bonds is 5. The van der Waals surface area contributed by atoms with E-state index < -0.39 is 10.0 Å². The van der Waals surface area contributed by atoms with Gasteiger partial charge in [0.2, 0.25) is 15.9 Å². The number of carbonyl (C=O) groups excluding carboxylic acids is 1. The highest BCUT2D eigenvalue weighted by atomic mass is 32.2. The number of nitrogens with zero attached hydrogens (tertiary/aromatic N) is 3. The van der Waals surface area contributed by atoms with Crippen LogP contribution >= 0.6 is 0 Å². The van der Waals surface area contributed by atoms with Crippen molar-refractivity contribution in [3.8, 4) is 0 Å². The van der Waals surface area contributed by atoms with E-state index in [1.54, 1.807) is 6.20 Å². The van der Waals surface area contributed by atoms with Crippen LogP contribution in [0.15, 0.2) is 23.9 Å². The minimum absolute atomic E-state index is 0.000149. The predicted molar refractivity (Wildman–Crippen MR) is 95.1 cm³/mol. The Balaban J connectivity index is 1.71. The van der Waals surface area contributed by atoms with Crippen LogP contribution in [0.2, 0.25) is 0 Å². The lowest BCUT2D eigenvalue weighted by molar-refractivity contribution is -0.131. The quantitative estimate of drug-likeness (QED) is 0.796. The predicted octanol–water partition coefficient (Wildman–Crippen LogP) is 1.28. The molecule has 1 N–H and O–H groups in total. The zero-order valence-corrected chi connectivity index (χ0v) is 15.5. The molecule has 0 saturated carbocycles. The Morgan fingerprint density at radius 1 is 1.36 bits per heavy atom. The van der Waals surface area contributed by atoms with Crippen LogP contribution in [0, 0.1) is 5.92 Å². The first-order valence-electron chi connectivity index (χ1n) is 8.82. The Morgan fingerprint density at radius 2 is 2.20 bits per heavy atom. The number of amides is 1. The lowest BCUT2D eigenvalue weighted by Crippen LogP contribution is -2.38. The first-order valence-corrected chi connectivity index (χ1v) is 10.7. The average molecular weight is 366 g/mol. The van der Waals surface area contributed by atoms with Crippen molar-refractivity contribution in [2.45, 2.75) is 45.2 Å². The van der Waals surface area contributed by atoms with Gasteiger partial charge in [0.05, 0.1) is 18.5 Å². The summed E-state index contributed by atoms with van der Waals surface area (Å²) in [6.07, 6.45) is 10.0. The van der Waals surface area contributed by atoms with Gasteiger partial charge in [-0.05, 0) is 31.7 Å². The van der Waals surface area contributed by atoms with Gasteiger partial charge in [-0.2, -0.15) is 5.10 Å². The van der Waals surface area contributed by atoms with E-state index in [4.69, 9.17) is 0 Å². The van der Waals surface area contributed by atoms with Crippen molar-refractivity contribution >= 4 is 15.9 Å². The molecular formula is C17H26N4O3S. The summed E-state index contributed by atoms with van der Waals surface area (Å²) < 4.78 is 27.3. The molecule has 3 rings (SSSR count). The van der Waals surface area contributed by atoms with E-state index in [2.05, 4.69) is 15.9 Å². The maximum atomic E-state index is 12.8. The van der Waals surface area contributed by atoms with Crippen LogP contribution in [0.1, 0.15) is 37.8 Å². The standard InChI is InChI=1S/C17H26N4O3S/c1-25(23,24)19-10-15-11-20(13-16-7-8-18-21(16)12-15)17(22)9-14-5-3-2-4-6-14/h5,7-8,15,19H,2-4,6,9-13H2,1H3/t15-/m1/s1. The van der Waals surface area contributed by atoms with Crippen LogP contribution in [0.5, 0.6) is 0 Å². The van der Waals surface area contributed by atoms with E-state index in [-0.39, 0.29) is 11.8 Å². The topological polar surface area (TPSA) is 84.3 Å². The third kappa shape index (κ3) is 5.15. The smallest absolute Gasteiger partial charge is 0.227 e. The number of sulfonamides is 1. The number of fused-ring (bicyclic) bond motifs is 1. The zero-order valence-electron chi connectivity index (χ0n) is 14.6. The molecular weight excluding hydrogens is 340 g/mol. The minimum Gasteiger partial charge on any atom is -0.336 e. The van der Waals surface area contributed by atoms with Crippen LogP contribution in [-0.4, -0.2) is 48.4 Å². The van der Waals surface area contributed by atoms with Gasteiger partial charge in [-0.1, -0.05) is 11.6 Å². The van der Waals surface area contributed by atoms with Crippen molar-refractivity contribution < 1.29 is 13.2 Å². The van der Waals surface area contributed by atoms with E-state index in [1.165, 1.54) is 12.0 Å². The summed E-state index contributed by atoms with van der Waals surface area (Å²) in [5.74, 6) is 0.118. The highest BCUT2D eigenvalue weighted by molar-refractivity contribution is 7.88. The number of aromatic nitrogens is 2. The Labute approximate surface area is 149 Å². The summed E-state index contributed by atoms with van der Waals surface area (Å²) >= 11 is 0. The SMILES string of the molecule is CS(=O)(=O)NC[C@@H]1CN(C(=O)CC2=CCCCC2)Cc2ccnn2C1. The lowest BCUT2D eigenvalue weighted by atomic mass is 9.96. The molecule has 2 aliphatic rings. The first kappa shape index (κ1) is 18.1. The Morgan fingerprint density at radius 3 is 2.92 bits per heavy atom. The Bertz CT molecular complexity index is 754. The van der Waals surface area contributed by atoms with Crippen LogP contribution in [-0.2, 0) is 27.9 Å². The molecule has 0 spiro atoms. The summed E-state index contributed by atoms with van der Waals surface area (Å²) in [6.45, 7) is 1.99. The summed E-state index contributed by atoms with van der Waals surface area (Å²) in [5, 5.41) is 4.31. The molecule has 0 bridgehead atoms.